The molecule has 0 radical (unpaired) electrons. The van der Waals surface area contributed by atoms with E-state index in [1.165, 1.54) is 16.7 Å². The summed E-state index contributed by atoms with van der Waals surface area (Å²) in [6.07, 6.45) is 4.43. The molecule has 144 valence electrons. The van der Waals surface area contributed by atoms with E-state index >= 15 is 0 Å². The van der Waals surface area contributed by atoms with E-state index in [1.54, 1.807) is 12.4 Å². The predicted octanol–water partition coefficient (Wildman–Crippen LogP) is 3.94. The zero-order chi connectivity index (χ0) is 19.3. The lowest BCUT2D eigenvalue weighted by atomic mass is 10.0. The molecule has 1 N–H and O–H groups in total. The van der Waals surface area contributed by atoms with Crippen LogP contribution in [0.5, 0.6) is 0 Å². The molecule has 1 saturated heterocycles. The van der Waals surface area contributed by atoms with Crippen molar-refractivity contribution >= 4 is 11.4 Å². The number of rotatable bonds is 6. The fourth-order valence-electron chi connectivity index (χ4n) is 3.62. The highest BCUT2D eigenvalue weighted by atomic mass is 32.2. The van der Waals surface area contributed by atoms with Crippen molar-refractivity contribution in [3.05, 3.63) is 84.2 Å². The predicted molar refractivity (Wildman–Crippen MR) is 114 cm³/mol. The van der Waals surface area contributed by atoms with Crippen molar-refractivity contribution < 1.29 is 4.55 Å². The third-order valence-corrected chi connectivity index (χ3v) is 6.58. The van der Waals surface area contributed by atoms with Gasteiger partial charge in [0.2, 0.25) is 0 Å². The number of benzene rings is 2. The molecule has 5 heteroatoms. The van der Waals surface area contributed by atoms with Crippen LogP contribution < -0.4 is 4.72 Å². The molecule has 2 atom stereocenters. The summed E-state index contributed by atoms with van der Waals surface area (Å²) in [5, 5.41) is 0. The Kier molecular flexibility index (Phi) is 6.07. The standard InChI is InChI=1S/C23H25N3OS/c1-18-11-13-24-15-23(18)28(27)25-22-12-14-26(17-22)16-19-7-9-21(10-8-19)20-5-3-2-4-6-20/h2-11,13,15,22,25H,12,14,16-17H2,1H3/t22-,28+/m1/s1. The molecule has 2 heterocycles. The molecule has 0 aliphatic carbocycles. The topological polar surface area (TPSA) is 51.2 Å². The average molecular weight is 392 g/mol. The molecule has 1 aliphatic heterocycles. The van der Waals surface area contributed by atoms with Crippen molar-refractivity contribution in [1.29, 1.82) is 0 Å². The second-order valence-corrected chi connectivity index (χ2v) is 8.52. The van der Waals surface area contributed by atoms with Crippen molar-refractivity contribution in [2.75, 3.05) is 13.1 Å². The van der Waals surface area contributed by atoms with Gasteiger partial charge in [-0.3, -0.25) is 9.88 Å². The molecule has 1 aliphatic rings. The summed E-state index contributed by atoms with van der Waals surface area (Å²) in [5.41, 5.74) is 4.80. The van der Waals surface area contributed by atoms with E-state index in [0.29, 0.717) is 0 Å². The van der Waals surface area contributed by atoms with Crippen LogP contribution in [0.2, 0.25) is 0 Å². The normalized spacial score (nSPS) is 18.3. The van der Waals surface area contributed by atoms with Crippen LogP contribution in [0, 0.1) is 6.92 Å². The number of hydrogen-bond acceptors (Lipinski definition) is 4. The van der Waals surface area contributed by atoms with Crippen LogP contribution in [0.4, 0.5) is 0 Å². The molecule has 4 rings (SSSR count). The molecular weight excluding hydrogens is 366 g/mol. The van der Waals surface area contributed by atoms with Crippen LogP contribution in [0.25, 0.3) is 11.1 Å². The van der Waals surface area contributed by atoms with E-state index in [0.717, 1.165) is 36.5 Å². The summed E-state index contributed by atoms with van der Waals surface area (Å²) in [7, 11) is 0. The number of pyridine rings is 1. The first-order valence-electron chi connectivity index (χ1n) is 9.64. The first-order chi connectivity index (χ1) is 13.7. The molecule has 3 aromatic rings. The Balaban J connectivity index is 1.32. The van der Waals surface area contributed by atoms with Crippen LogP contribution in [0.1, 0.15) is 17.5 Å². The maximum Gasteiger partial charge on any atom is 0.194 e. The molecule has 28 heavy (non-hydrogen) atoms. The van der Waals surface area contributed by atoms with Gasteiger partial charge in [-0.05, 0) is 36.1 Å². The third-order valence-electron chi connectivity index (χ3n) is 5.20. The summed E-state index contributed by atoms with van der Waals surface area (Å²) in [6, 6.07) is 21.4. The van der Waals surface area contributed by atoms with Gasteiger partial charge in [0.25, 0.3) is 0 Å². The minimum absolute atomic E-state index is 0.240. The Morgan fingerprint density at radius 1 is 1.07 bits per heavy atom. The highest BCUT2D eigenvalue weighted by Crippen LogP contribution is 2.21. The number of aromatic nitrogens is 1. The number of nitrogens with one attached hydrogen (secondary N) is 1. The molecule has 1 aromatic heterocycles. The molecular formula is C23H25N3OS. The van der Waals surface area contributed by atoms with E-state index in [4.69, 9.17) is 0 Å². The van der Waals surface area contributed by atoms with Crippen LogP contribution in [0.15, 0.2) is 78.0 Å². The van der Waals surface area contributed by atoms with Crippen molar-refractivity contribution in [3.8, 4) is 11.1 Å². The summed E-state index contributed by atoms with van der Waals surface area (Å²) in [5.74, 6) is 0. The van der Waals surface area contributed by atoms with Crippen LogP contribution in [-0.4, -0.2) is 33.6 Å². The molecule has 0 unspecified atom stereocenters. The number of hydrogen-bond donors (Lipinski definition) is 1. The quantitative estimate of drug-likeness (QED) is 0.647. The highest BCUT2D eigenvalue weighted by Gasteiger charge is 2.27. The maximum atomic E-state index is 12.6. The number of aryl methyl sites for hydroxylation is 1. The van der Waals surface area contributed by atoms with Crippen molar-refractivity contribution in [2.45, 2.75) is 30.8 Å². The second-order valence-electron chi connectivity index (χ2n) is 7.31. The lowest BCUT2D eigenvalue weighted by Gasteiger charge is -2.18. The second kappa shape index (κ2) is 8.88. The van der Waals surface area contributed by atoms with Gasteiger partial charge in [-0.25, -0.2) is 0 Å². The van der Waals surface area contributed by atoms with Gasteiger partial charge in [0, 0.05) is 31.4 Å². The fourth-order valence-corrected chi connectivity index (χ4v) is 4.76. The Bertz CT molecular complexity index is 901. The summed E-state index contributed by atoms with van der Waals surface area (Å²) < 4.78 is 15.9. The summed E-state index contributed by atoms with van der Waals surface area (Å²) >= 11 is -1.21. The lowest BCUT2D eigenvalue weighted by molar-refractivity contribution is 0.324. The fraction of sp³-hybridized carbons (Fsp3) is 0.261. The largest absolute Gasteiger partial charge is 0.593 e. The highest BCUT2D eigenvalue weighted by molar-refractivity contribution is 7.89. The molecule has 2 aromatic carbocycles. The minimum atomic E-state index is -1.21. The van der Waals surface area contributed by atoms with E-state index in [9.17, 15) is 4.55 Å². The van der Waals surface area contributed by atoms with E-state index in [2.05, 4.69) is 63.1 Å². The minimum Gasteiger partial charge on any atom is -0.593 e. The van der Waals surface area contributed by atoms with Crippen LogP contribution in [-0.2, 0) is 17.9 Å². The van der Waals surface area contributed by atoms with E-state index in [-0.39, 0.29) is 6.04 Å². The molecule has 0 spiro atoms. The summed E-state index contributed by atoms with van der Waals surface area (Å²) in [6.45, 7) is 4.81. The van der Waals surface area contributed by atoms with Gasteiger partial charge >= 0.3 is 0 Å². The van der Waals surface area contributed by atoms with E-state index < -0.39 is 11.4 Å². The molecule has 1 fully saturated rings. The van der Waals surface area contributed by atoms with Gasteiger partial charge in [-0.2, -0.15) is 0 Å². The molecule has 0 saturated carbocycles. The monoisotopic (exact) mass is 391 g/mol. The zero-order valence-corrected chi connectivity index (χ0v) is 16.9. The van der Waals surface area contributed by atoms with E-state index in [1.807, 2.05) is 19.1 Å². The van der Waals surface area contributed by atoms with Crippen molar-refractivity contribution in [1.82, 2.24) is 14.6 Å². The summed E-state index contributed by atoms with van der Waals surface area (Å²) in [4.78, 5) is 7.29. The molecule has 0 amide bonds. The molecule has 0 bridgehead atoms. The van der Waals surface area contributed by atoms with Crippen LogP contribution in [0.3, 0.4) is 0 Å². The molecule has 4 nitrogen and oxygen atoms in total. The van der Waals surface area contributed by atoms with Crippen LogP contribution >= 0.6 is 0 Å². The van der Waals surface area contributed by atoms with Crippen molar-refractivity contribution in [2.24, 2.45) is 0 Å². The Labute approximate surface area is 169 Å². The van der Waals surface area contributed by atoms with Gasteiger partial charge in [-0.1, -0.05) is 54.6 Å². The smallest absolute Gasteiger partial charge is 0.194 e. The van der Waals surface area contributed by atoms with Gasteiger partial charge in [0.15, 0.2) is 4.90 Å². The van der Waals surface area contributed by atoms with Gasteiger partial charge in [0.1, 0.15) is 0 Å². The lowest BCUT2D eigenvalue weighted by Crippen LogP contribution is -2.37. The van der Waals surface area contributed by atoms with Crippen molar-refractivity contribution in [3.63, 3.8) is 0 Å². The first kappa shape index (κ1) is 19.2. The first-order valence-corrected chi connectivity index (χ1v) is 10.8. The average Bonchev–Trinajstić information content (AvgIpc) is 3.16. The van der Waals surface area contributed by atoms with Gasteiger partial charge in [-0.15, -0.1) is 4.72 Å². The Morgan fingerprint density at radius 3 is 2.57 bits per heavy atom. The Morgan fingerprint density at radius 2 is 1.82 bits per heavy atom. The SMILES string of the molecule is Cc1ccncc1[S@+]([O-])N[C@@H]1CCN(Cc2ccc(-c3ccccc3)cc2)C1. The number of nitrogens with zero attached hydrogens (tertiary/aromatic N) is 2. The Hall–Kier alpha value is -2.18. The van der Waals surface area contributed by atoms with Gasteiger partial charge < -0.3 is 4.55 Å². The number of likely N-dealkylation sites (tertiary alicyclic amines) is 1. The zero-order valence-electron chi connectivity index (χ0n) is 16.0. The third kappa shape index (κ3) is 4.62. The maximum absolute atomic E-state index is 12.6. The van der Waals surface area contributed by atoms with Gasteiger partial charge in [0.05, 0.1) is 23.6 Å².